The molecule has 1 fully saturated rings. The Kier molecular flexibility index (Phi) is 4.41. The molecule has 4 heteroatoms. The highest BCUT2D eigenvalue weighted by Gasteiger charge is 2.37. The third-order valence-corrected chi connectivity index (χ3v) is 4.96. The average Bonchev–Trinajstić information content (AvgIpc) is 2.85. The topological polar surface area (TPSA) is 44.5 Å². The lowest BCUT2D eigenvalue weighted by Crippen LogP contribution is -2.29. The molecule has 0 heterocycles. The number of hydrogen-bond acceptors (Lipinski definition) is 3. The molecule has 0 bridgehead atoms. The van der Waals surface area contributed by atoms with Gasteiger partial charge >= 0.3 is 0 Å². The molecule has 1 aliphatic rings. The summed E-state index contributed by atoms with van der Waals surface area (Å²) >= 11 is 3.48. The molecule has 2 rings (SSSR count). The van der Waals surface area contributed by atoms with Gasteiger partial charge in [0.2, 0.25) is 0 Å². The third-order valence-electron chi connectivity index (χ3n) is 4.34. The van der Waals surface area contributed by atoms with Crippen molar-refractivity contribution in [1.29, 1.82) is 0 Å². The zero-order valence-electron chi connectivity index (χ0n) is 11.8. The van der Waals surface area contributed by atoms with Crippen LogP contribution in [0.25, 0.3) is 0 Å². The first-order valence-corrected chi connectivity index (χ1v) is 7.48. The molecule has 0 radical (unpaired) electrons. The maximum atomic E-state index is 6.53. The zero-order valence-corrected chi connectivity index (χ0v) is 13.4. The van der Waals surface area contributed by atoms with E-state index in [1.807, 2.05) is 12.1 Å². The Morgan fingerprint density at radius 2 is 1.74 bits per heavy atom. The Bertz CT molecular complexity index is 456. The van der Waals surface area contributed by atoms with Gasteiger partial charge in [0.05, 0.1) is 18.7 Å². The van der Waals surface area contributed by atoms with Crippen LogP contribution in [0, 0.1) is 5.41 Å². The lowest BCUT2D eigenvalue weighted by Gasteiger charge is -2.32. The van der Waals surface area contributed by atoms with Crippen LogP contribution in [0.3, 0.4) is 0 Å². The highest BCUT2D eigenvalue weighted by atomic mass is 79.9. The lowest BCUT2D eigenvalue weighted by atomic mass is 9.77. The van der Waals surface area contributed by atoms with E-state index in [-0.39, 0.29) is 11.5 Å². The van der Waals surface area contributed by atoms with E-state index >= 15 is 0 Å². The summed E-state index contributed by atoms with van der Waals surface area (Å²) in [7, 11) is 3.35. The molecular weight excluding hydrogens is 306 g/mol. The van der Waals surface area contributed by atoms with Gasteiger partial charge in [-0.25, -0.2) is 0 Å². The van der Waals surface area contributed by atoms with Gasteiger partial charge in [-0.05, 0) is 46.3 Å². The second-order valence-corrected chi connectivity index (χ2v) is 6.42. The van der Waals surface area contributed by atoms with E-state index in [4.69, 9.17) is 15.2 Å². The zero-order chi connectivity index (χ0) is 14.0. The molecule has 19 heavy (non-hydrogen) atoms. The van der Waals surface area contributed by atoms with Crippen molar-refractivity contribution in [2.24, 2.45) is 11.1 Å². The SMILES string of the molecule is COc1cc(C(N)C2(C)CCCC2)c(OC)cc1Br. The molecule has 1 unspecified atom stereocenters. The minimum atomic E-state index is -0.0213. The van der Waals surface area contributed by atoms with Crippen LogP contribution in [0.15, 0.2) is 16.6 Å². The maximum Gasteiger partial charge on any atom is 0.133 e. The van der Waals surface area contributed by atoms with Crippen molar-refractivity contribution in [3.05, 3.63) is 22.2 Å². The van der Waals surface area contributed by atoms with Crippen LogP contribution in [0.2, 0.25) is 0 Å². The quantitative estimate of drug-likeness (QED) is 0.907. The minimum absolute atomic E-state index is 0.0213. The van der Waals surface area contributed by atoms with E-state index in [0.717, 1.165) is 21.5 Å². The van der Waals surface area contributed by atoms with Crippen LogP contribution in [-0.4, -0.2) is 14.2 Å². The number of halogens is 1. The predicted octanol–water partition coefficient (Wildman–Crippen LogP) is 4.05. The largest absolute Gasteiger partial charge is 0.496 e. The molecule has 0 aromatic heterocycles. The maximum absolute atomic E-state index is 6.53. The van der Waals surface area contributed by atoms with Crippen LogP contribution < -0.4 is 15.2 Å². The average molecular weight is 328 g/mol. The summed E-state index contributed by atoms with van der Waals surface area (Å²) in [5.74, 6) is 1.63. The fourth-order valence-electron chi connectivity index (χ4n) is 3.00. The smallest absolute Gasteiger partial charge is 0.133 e. The predicted molar refractivity (Wildman–Crippen MR) is 80.7 cm³/mol. The van der Waals surface area contributed by atoms with Crippen molar-refractivity contribution in [3.63, 3.8) is 0 Å². The molecule has 0 saturated heterocycles. The van der Waals surface area contributed by atoms with Gasteiger partial charge in [0.15, 0.2) is 0 Å². The van der Waals surface area contributed by atoms with E-state index in [2.05, 4.69) is 22.9 Å². The molecule has 3 nitrogen and oxygen atoms in total. The fourth-order valence-corrected chi connectivity index (χ4v) is 3.48. The number of nitrogens with two attached hydrogens (primary N) is 1. The Morgan fingerprint density at radius 1 is 1.16 bits per heavy atom. The molecule has 1 aromatic carbocycles. The highest BCUT2D eigenvalue weighted by molar-refractivity contribution is 9.10. The first-order valence-electron chi connectivity index (χ1n) is 6.69. The third kappa shape index (κ3) is 2.75. The van der Waals surface area contributed by atoms with E-state index in [9.17, 15) is 0 Å². The normalized spacial score (nSPS) is 19.2. The highest BCUT2D eigenvalue weighted by Crippen LogP contribution is 2.49. The van der Waals surface area contributed by atoms with Crippen molar-refractivity contribution in [2.75, 3.05) is 14.2 Å². The summed E-state index contributed by atoms with van der Waals surface area (Å²) in [6.07, 6.45) is 4.88. The van der Waals surface area contributed by atoms with E-state index in [1.165, 1.54) is 25.7 Å². The van der Waals surface area contributed by atoms with Crippen LogP contribution in [0.1, 0.15) is 44.2 Å². The standard InChI is InChI=1S/C15H22BrNO2/c1-15(6-4-5-7-15)14(17)10-8-13(19-3)11(16)9-12(10)18-2/h8-9,14H,4-7,17H2,1-3H3. The number of ether oxygens (including phenoxy) is 2. The molecule has 1 aliphatic carbocycles. The van der Waals surface area contributed by atoms with Gasteiger partial charge in [-0.3, -0.25) is 0 Å². The Morgan fingerprint density at radius 3 is 2.26 bits per heavy atom. The minimum Gasteiger partial charge on any atom is -0.496 e. The summed E-state index contributed by atoms with van der Waals surface area (Å²) in [6.45, 7) is 2.28. The van der Waals surface area contributed by atoms with Crippen LogP contribution >= 0.6 is 15.9 Å². The van der Waals surface area contributed by atoms with Crippen molar-refractivity contribution >= 4 is 15.9 Å². The Hall–Kier alpha value is -0.740. The molecular formula is C15H22BrNO2. The van der Waals surface area contributed by atoms with Crippen molar-refractivity contribution in [2.45, 2.75) is 38.6 Å². The van der Waals surface area contributed by atoms with Gasteiger partial charge < -0.3 is 15.2 Å². The summed E-state index contributed by atoms with van der Waals surface area (Å²) in [6, 6.07) is 3.91. The Balaban J connectivity index is 2.42. The van der Waals surface area contributed by atoms with Gasteiger partial charge in [-0.2, -0.15) is 0 Å². The van der Waals surface area contributed by atoms with Gasteiger partial charge in [0, 0.05) is 11.6 Å². The van der Waals surface area contributed by atoms with Gasteiger partial charge in [0.1, 0.15) is 11.5 Å². The molecule has 0 spiro atoms. The molecule has 2 N–H and O–H groups in total. The van der Waals surface area contributed by atoms with Gasteiger partial charge in [0.25, 0.3) is 0 Å². The first-order chi connectivity index (χ1) is 9.01. The second kappa shape index (κ2) is 5.71. The summed E-state index contributed by atoms with van der Waals surface area (Å²) in [5, 5.41) is 0. The van der Waals surface area contributed by atoms with Crippen LogP contribution in [-0.2, 0) is 0 Å². The van der Waals surface area contributed by atoms with Crippen molar-refractivity contribution < 1.29 is 9.47 Å². The molecule has 1 atom stereocenters. The molecule has 1 aromatic rings. The number of benzene rings is 1. The van der Waals surface area contributed by atoms with Crippen molar-refractivity contribution in [3.8, 4) is 11.5 Å². The fraction of sp³-hybridized carbons (Fsp3) is 0.600. The second-order valence-electron chi connectivity index (χ2n) is 5.57. The lowest BCUT2D eigenvalue weighted by molar-refractivity contribution is 0.258. The molecule has 0 amide bonds. The first kappa shape index (κ1) is 14.7. The monoisotopic (exact) mass is 327 g/mol. The van der Waals surface area contributed by atoms with Crippen molar-refractivity contribution in [1.82, 2.24) is 0 Å². The number of methoxy groups -OCH3 is 2. The van der Waals surface area contributed by atoms with E-state index < -0.39 is 0 Å². The molecule has 1 saturated carbocycles. The number of hydrogen-bond donors (Lipinski definition) is 1. The Labute approximate surface area is 123 Å². The summed E-state index contributed by atoms with van der Waals surface area (Å²) < 4.78 is 11.7. The van der Waals surface area contributed by atoms with E-state index in [0.29, 0.717) is 0 Å². The molecule has 106 valence electrons. The summed E-state index contributed by atoms with van der Waals surface area (Å²) in [4.78, 5) is 0. The van der Waals surface area contributed by atoms with Gasteiger partial charge in [-0.1, -0.05) is 19.8 Å². The van der Waals surface area contributed by atoms with Gasteiger partial charge in [-0.15, -0.1) is 0 Å². The van der Waals surface area contributed by atoms with Crippen LogP contribution in [0.5, 0.6) is 11.5 Å². The van der Waals surface area contributed by atoms with Crippen LogP contribution in [0.4, 0.5) is 0 Å². The number of rotatable bonds is 4. The van der Waals surface area contributed by atoms with E-state index in [1.54, 1.807) is 14.2 Å². The molecule has 0 aliphatic heterocycles. The summed E-state index contributed by atoms with van der Waals surface area (Å²) in [5.41, 5.74) is 7.73.